The average Bonchev–Trinajstić information content (AvgIpc) is 2.38. The van der Waals surface area contributed by atoms with Crippen molar-refractivity contribution in [2.75, 3.05) is 13.4 Å². The first kappa shape index (κ1) is 12.5. The summed E-state index contributed by atoms with van der Waals surface area (Å²) in [7, 11) is 0. The molecule has 0 N–H and O–H groups in total. The van der Waals surface area contributed by atoms with Crippen LogP contribution in [0.15, 0.2) is 0 Å². The summed E-state index contributed by atoms with van der Waals surface area (Å²) < 4.78 is 10.8. The molecule has 1 fully saturated rings. The molecule has 0 radical (unpaired) electrons. The molecule has 0 spiro atoms. The maximum Gasteiger partial charge on any atom is 0.148 e. The minimum atomic E-state index is 0.354. The molecule has 0 aromatic rings. The van der Waals surface area contributed by atoms with Crippen molar-refractivity contribution in [3.63, 3.8) is 0 Å². The van der Waals surface area contributed by atoms with Gasteiger partial charge in [-0.3, -0.25) is 0 Å². The molecule has 0 heterocycles. The first-order chi connectivity index (χ1) is 7.43. The van der Waals surface area contributed by atoms with Gasteiger partial charge in [0, 0.05) is 0 Å². The molecular formula is C13H22O2. The second-order valence-corrected chi connectivity index (χ2v) is 4.16. The molecular weight excluding hydrogens is 188 g/mol. The van der Waals surface area contributed by atoms with Crippen LogP contribution in [0.2, 0.25) is 0 Å². The van der Waals surface area contributed by atoms with Crippen molar-refractivity contribution in [1.82, 2.24) is 0 Å². The Bertz CT molecular complexity index is 173. The van der Waals surface area contributed by atoms with Gasteiger partial charge in [0.1, 0.15) is 13.4 Å². The lowest BCUT2D eigenvalue weighted by Crippen LogP contribution is -2.15. The Morgan fingerprint density at radius 3 is 2.20 bits per heavy atom. The van der Waals surface area contributed by atoms with E-state index >= 15 is 0 Å². The molecule has 15 heavy (non-hydrogen) atoms. The second-order valence-electron chi connectivity index (χ2n) is 4.16. The van der Waals surface area contributed by atoms with Crippen molar-refractivity contribution in [1.29, 1.82) is 0 Å². The van der Waals surface area contributed by atoms with Crippen molar-refractivity contribution in [2.24, 2.45) is 0 Å². The van der Waals surface area contributed by atoms with Crippen molar-refractivity contribution in [3.8, 4) is 12.3 Å². The minimum absolute atomic E-state index is 0.354. The van der Waals surface area contributed by atoms with Gasteiger partial charge in [-0.15, -0.1) is 6.42 Å². The van der Waals surface area contributed by atoms with E-state index in [2.05, 4.69) is 5.92 Å². The molecule has 0 aliphatic heterocycles. The van der Waals surface area contributed by atoms with Gasteiger partial charge in [0.05, 0.1) is 6.10 Å². The lowest BCUT2D eigenvalue weighted by atomic mass is 10.1. The highest BCUT2D eigenvalue weighted by atomic mass is 16.7. The molecule has 2 nitrogen and oxygen atoms in total. The van der Waals surface area contributed by atoms with Crippen LogP contribution in [0, 0.1) is 12.3 Å². The second kappa shape index (κ2) is 8.76. The predicted molar refractivity (Wildman–Crippen MR) is 61.5 cm³/mol. The van der Waals surface area contributed by atoms with Crippen LogP contribution in [0.3, 0.4) is 0 Å². The van der Waals surface area contributed by atoms with Gasteiger partial charge in [0.15, 0.2) is 0 Å². The third kappa shape index (κ3) is 6.54. The van der Waals surface area contributed by atoms with Gasteiger partial charge in [0.2, 0.25) is 0 Å². The van der Waals surface area contributed by atoms with Gasteiger partial charge in [-0.2, -0.15) is 0 Å². The Balaban J connectivity index is 2.10. The molecule has 0 bridgehead atoms. The molecule has 0 atom stereocenters. The van der Waals surface area contributed by atoms with E-state index in [1.807, 2.05) is 0 Å². The first-order valence-corrected chi connectivity index (χ1v) is 6.06. The van der Waals surface area contributed by atoms with E-state index in [1.165, 1.54) is 51.4 Å². The van der Waals surface area contributed by atoms with E-state index in [1.54, 1.807) is 0 Å². The zero-order chi connectivity index (χ0) is 10.8. The Morgan fingerprint density at radius 1 is 1.00 bits per heavy atom. The summed E-state index contributed by atoms with van der Waals surface area (Å²) in [5.74, 6) is 2.44. The van der Waals surface area contributed by atoms with Crippen LogP contribution in [-0.2, 0) is 9.47 Å². The van der Waals surface area contributed by atoms with Crippen LogP contribution in [0.1, 0.15) is 51.4 Å². The summed E-state index contributed by atoms with van der Waals surface area (Å²) in [4.78, 5) is 0. The molecule has 0 unspecified atom stereocenters. The summed E-state index contributed by atoms with van der Waals surface area (Å²) in [6, 6.07) is 0. The van der Waals surface area contributed by atoms with Crippen molar-refractivity contribution in [3.05, 3.63) is 0 Å². The molecule has 0 saturated heterocycles. The van der Waals surface area contributed by atoms with Crippen LogP contribution in [0.5, 0.6) is 0 Å². The van der Waals surface area contributed by atoms with Gasteiger partial charge in [-0.1, -0.05) is 44.4 Å². The number of rotatable bonds is 4. The van der Waals surface area contributed by atoms with Crippen LogP contribution in [-0.4, -0.2) is 19.5 Å². The normalized spacial score (nSPS) is 19.9. The summed E-state index contributed by atoms with van der Waals surface area (Å²) in [5.41, 5.74) is 0. The third-order valence-electron chi connectivity index (χ3n) is 2.87. The highest BCUT2D eigenvalue weighted by Gasteiger charge is 2.10. The Labute approximate surface area is 93.3 Å². The fraction of sp³-hybridized carbons (Fsp3) is 0.846. The fourth-order valence-corrected chi connectivity index (χ4v) is 2.01. The Morgan fingerprint density at radius 2 is 1.60 bits per heavy atom. The number of hydrogen-bond donors (Lipinski definition) is 0. The standard InChI is InChI=1S/C13H22O2/c1-2-11-14-12-15-13-9-7-5-3-4-6-8-10-13/h1,13H,3-12H2. The van der Waals surface area contributed by atoms with E-state index in [-0.39, 0.29) is 0 Å². The Kier molecular flexibility index (Phi) is 7.33. The SMILES string of the molecule is C#CCOCOC1CCCCCCCC1. The maximum absolute atomic E-state index is 5.66. The molecule has 1 rings (SSSR count). The summed E-state index contributed by atoms with van der Waals surface area (Å²) in [6.45, 7) is 0.710. The lowest BCUT2D eigenvalue weighted by molar-refractivity contribution is -0.0857. The molecule has 1 saturated carbocycles. The molecule has 86 valence electrons. The molecule has 1 aliphatic carbocycles. The first-order valence-electron chi connectivity index (χ1n) is 6.06. The molecule has 1 aliphatic rings. The monoisotopic (exact) mass is 210 g/mol. The molecule has 2 heteroatoms. The maximum atomic E-state index is 5.66. The van der Waals surface area contributed by atoms with Gasteiger partial charge in [-0.05, 0) is 12.8 Å². The zero-order valence-electron chi connectivity index (χ0n) is 9.54. The molecule has 0 amide bonds. The molecule has 0 aromatic heterocycles. The third-order valence-corrected chi connectivity index (χ3v) is 2.87. The minimum Gasteiger partial charge on any atom is -0.352 e. The number of ether oxygens (including phenoxy) is 2. The van der Waals surface area contributed by atoms with E-state index < -0.39 is 0 Å². The van der Waals surface area contributed by atoms with Crippen molar-refractivity contribution < 1.29 is 9.47 Å². The van der Waals surface area contributed by atoms with E-state index in [4.69, 9.17) is 15.9 Å². The lowest BCUT2D eigenvalue weighted by Gasteiger charge is -2.16. The van der Waals surface area contributed by atoms with E-state index in [0.717, 1.165) is 0 Å². The quantitative estimate of drug-likeness (QED) is 0.403. The predicted octanol–water partition coefficient (Wildman–Crippen LogP) is 3.11. The average molecular weight is 210 g/mol. The highest BCUT2D eigenvalue weighted by Crippen LogP contribution is 2.18. The zero-order valence-corrected chi connectivity index (χ0v) is 9.54. The van der Waals surface area contributed by atoms with E-state index in [9.17, 15) is 0 Å². The van der Waals surface area contributed by atoms with Crippen molar-refractivity contribution >= 4 is 0 Å². The molecule has 0 aromatic carbocycles. The largest absolute Gasteiger partial charge is 0.352 e. The van der Waals surface area contributed by atoms with Crippen LogP contribution in [0.25, 0.3) is 0 Å². The van der Waals surface area contributed by atoms with Gasteiger partial charge in [-0.25, -0.2) is 0 Å². The smallest absolute Gasteiger partial charge is 0.148 e. The van der Waals surface area contributed by atoms with Gasteiger partial charge in [0.25, 0.3) is 0 Å². The summed E-state index contributed by atoms with van der Waals surface area (Å²) in [6.07, 6.45) is 15.9. The van der Waals surface area contributed by atoms with Gasteiger partial charge >= 0.3 is 0 Å². The van der Waals surface area contributed by atoms with E-state index in [0.29, 0.717) is 19.5 Å². The number of hydrogen-bond acceptors (Lipinski definition) is 2. The van der Waals surface area contributed by atoms with Crippen LogP contribution in [0.4, 0.5) is 0 Å². The van der Waals surface area contributed by atoms with Gasteiger partial charge < -0.3 is 9.47 Å². The Hall–Kier alpha value is -0.520. The van der Waals surface area contributed by atoms with Crippen LogP contribution >= 0.6 is 0 Å². The summed E-state index contributed by atoms with van der Waals surface area (Å²) in [5, 5.41) is 0. The van der Waals surface area contributed by atoms with Crippen molar-refractivity contribution in [2.45, 2.75) is 57.5 Å². The number of terminal acetylenes is 1. The summed E-state index contributed by atoms with van der Waals surface area (Å²) >= 11 is 0. The topological polar surface area (TPSA) is 18.5 Å². The fourth-order valence-electron chi connectivity index (χ4n) is 2.01. The highest BCUT2D eigenvalue weighted by molar-refractivity contribution is 4.82. The van der Waals surface area contributed by atoms with Crippen LogP contribution < -0.4 is 0 Å².